The molecule has 0 spiro atoms. The first-order valence-corrected chi connectivity index (χ1v) is 7.84. The molecule has 2 saturated heterocycles. The van der Waals surface area contributed by atoms with Gasteiger partial charge in [-0.2, -0.15) is 0 Å². The molecule has 5 nitrogen and oxygen atoms in total. The summed E-state index contributed by atoms with van der Waals surface area (Å²) in [4.78, 5) is 10.5. The van der Waals surface area contributed by atoms with E-state index in [1.54, 1.807) is 11.3 Å². The molecule has 106 valence electrons. The van der Waals surface area contributed by atoms with Gasteiger partial charge in [0.2, 0.25) is 0 Å². The van der Waals surface area contributed by atoms with Crippen molar-refractivity contribution in [3.05, 3.63) is 11.1 Å². The van der Waals surface area contributed by atoms with Gasteiger partial charge in [-0.05, 0) is 18.9 Å². The van der Waals surface area contributed by atoms with Crippen LogP contribution in [-0.2, 0) is 11.3 Å². The Kier molecular flexibility index (Phi) is 4.32. The Morgan fingerprint density at radius 3 is 2.89 bits per heavy atom. The number of rotatable bonds is 4. The van der Waals surface area contributed by atoms with Gasteiger partial charge in [0, 0.05) is 43.8 Å². The average Bonchev–Trinajstić information content (AvgIpc) is 3.01. The second-order valence-corrected chi connectivity index (χ2v) is 6.61. The molecule has 0 bridgehead atoms. The zero-order chi connectivity index (χ0) is 13.1. The first kappa shape index (κ1) is 13.3. The van der Waals surface area contributed by atoms with E-state index in [4.69, 9.17) is 10.5 Å². The maximum atomic E-state index is 5.67. The van der Waals surface area contributed by atoms with Crippen LogP contribution in [0.25, 0.3) is 0 Å². The third kappa shape index (κ3) is 3.66. The summed E-state index contributed by atoms with van der Waals surface area (Å²) in [5.74, 6) is 0.809. The van der Waals surface area contributed by atoms with Gasteiger partial charge >= 0.3 is 0 Å². The normalized spacial score (nSPS) is 26.0. The Morgan fingerprint density at radius 2 is 2.16 bits per heavy atom. The molecule has 0 saturated carbocycles. The third-order valence-electron chi connectivity index (χ3n) is 3.94. The van der Waals surface area contributed by atoms with E-state index < -0.39 is 0 Å². The van der Waals surface area contributed by atoms with Crippen molar-refractivity contribution in [2.45, 2.75) is 13.0 Å². The van der Waals surface area contributed by atoms with Crippen molar-refractivity contribution in [3.63, 3.8) is 0 Å². The van der Waals surface area contributed by atoms with Crippen molar-refractivity contribution in [1.82, 2.24) is 14.8 Å². The number of likely N-dealkylation sites (tertiary alicyclic amines) is 1. The van der Waals surface area contributed by atoms with Gasteiger partial charge in [0.05, 0.1) is 13.2 Å². The minimum atomic E-state index is 0.680. The molecule has 0 aliphatic carbocycles. The molecule has 0 amide bonds. The summed E-state index contributed by atoms with van der Waals surface area (Å²) in [7, 11) is 0. The van der Waals surface area contributed by atoms with Crippen LogP contribution in [0.5, 0.6) is 0 Å². The second-order valence-electron chi connectivity index (χ2n) is 5.47. The van der Waals surface area contributed by atoms with E-state index in [1.165, 1.54) is 30.9 Å². The number of nitrogens with zero attached hydrogens (tertiary/aromatic N) is 3. The Balaban J connectivity index is 1.44. The molecule has 19 heavy (non-hydrogen) atoms. The molecule has 6 heteroatoms. The summed E-state index contributed by atoms with van der Waals surface area (Å²) < 4.78 is 5.40. The smallest absolute Gasteiger partial charge is 0.180 e. The van der Waals surface area contributed by atoms with Crippen LogP contribution in [0.3, 0.4) is 0 Å². The Hall–Kier alpha value is -0.690. The summed E-state index contributed by atoms with van der Waals surface area (Å²) in [6.45, 7) is 8.64. The van der Waals surface area contributed by atoms with Crippen LogP contribution < -0.4 is 5.73 Å². The Labute approximate surface area is 118 Å². The van der Waals surface area contributed by atoms with E-state index in [-0.39, 0.29) is 0 Å². The lowest BCUT2D eigenvalue weighted by molar-refractivity contribution is 0.0311. The van der Waals surface area contributed by atoms with Gasteiger partial charge in [-0.1, -0.05) is 0 Å². The van der Waals surface area contributed by atoms with Gasteiger partial charge in [-0.3, -0.25) is 9.80 Å². The fourth-order valence-corrected chi connectivity index (χ4v) is 3.70. The van der Waals surface area contributed by atoms with Gasteiger partial charge < -0.3 is 10.5 Å². The van der Waals surface area contributed by atoms with Crippen molar-refractivity contribution in [2.24, 2.45) is 5.92 Å². The van der Waals surface area contributed by atoms with E-state index in [2.05, 4.69) is 14.8 Å². The number of nitrogen functional groups attached to an aromatic ring is 1. The predicted molar refractivity (Wildman–Crippen MR) is 77.2 cm³/mol. The zero-order valence-corrected chi connectivity index (χ0v) is 12.1. The summed E-state index contributed by atoms with van der Waals surface area (Å²) in [5.41, 5.74) is 5.67. The standard InChI is InChI=1S/C13H22N4OS/c14-13-15-7-12(19-13)10-17-2-1-11(9-17)8-16-3-5-18-6-4-16/h7,11H,1-6,8-10H2,(H2,14,15). The number of morpholine rings is 1. The lowest BCUT2D eigenvalue weighted by Gasteiger charge is -2.29. The SMILES string of the molecule is Nc1ncc(CN2CCC(CN3CCOCC3)C2)s1. The maximum Gasteiger partial charge on any atom is 0.180 e. The van der Waals surface area contributed by atoms with Crippen molar-refractivity contribution in [3.8, 4) is 0 Å². The highest BCUT2D eigenvalue weighted by atomic mass is 32.1. The molecule has 2 N–H and O–H groups in total. The highest BCUT2D eigenvalue weighted by Gasteiger charge is 2.25. The van der Waals surface area contributed by atoms with E-state index in [0.717, 1.165) is 38.8 Å². The molecular weight excluding hydrogens is 260 g/mol. The third-order valence-corrected chi connectivity index (χ3v) is 4.75. The maximum absolute atomic E-state index is 5.67. The molecule has 2 aliphatic heterocycles. The van der Waals surface area contributed by atoms with Crippen molar-refractivity contribution in [2.75, 3.05) is 51.7 Å². The van der Waals surface area contributed by atoms with Crippen LogP contribution in [0.1, 0.15) is 11.3 Å². The quantitative estimate of drug-likeness (QED) is 0.888. The average molecular weight is 282 g/mol. The summed E-state index contributed by atoms with van der Waals surface area (Å²) in [6.07, 6.45) is 3.22. The minimum absolute atomic E-state index is 0.680. The molecule has 2 aliphatic rings. The first-order valence-electron chi connectivity index (χ1n) is 7.02. The van der Waals surface area contributed by atoms with Crippen LogP contribution in [0.15, 0.2) is 6.20 Å². The van der Waals surface area contributed by atoms with Gasteiger partial charge in [0.25, 0.3) is 0 Å². The number of nitrogens with two attached hydrogens (primary N) is 1. The number of anilines is 1. The fourth-order valence-electron chi connectivity index (χ4n) is 2.97. The number of thiazole rings is 1. The van der Waals surface area contributed by atoms with Gasteiger partial charge in [0.1, 0.15) is 0 Å². The van der Waals surface area contributed by atoms with Crippen molar-refractivity contribution in [1.29, 1.82) is 0 Å². The van der Waals surface area contributed by atoms with Crippen LogP contribution in [0.2, 0.25) is 0 Å². The molecule has 0 radical (unpaired) electrons. The minimum Gasteiger partial charge on any atom is -0.379 e. The van der Waals surface area contributed by atoms with Crippen molar-refractivity contribution >= 4 is 16.5 Å². The number of hydrogen-bond donors (Lipinski definition) is 1. The fraction of sp³-hybridized carbons (Fsp3) is 0.769. The lowest BCUT2D eigenvalue weighted by Crippen LogP contribution is -2.39. The zero-order valence-electron chi connectivity index (χ0n) is 11.3. The molecule has 3 heterocycles. The van der Waals surface area contributed by atoms with E-state index >= 15 is 0 Å². The first-order chi connectivity index (χ1) is 9.29. The van der Waals surface area contributed by atoms with Crippen LogP contribution >= 0.6 is 11.3 Å². The molecule has 1 unspecified atom stereocenters. The van der Waals surface area contributed by atoms with Crippen LogP contribution in [0.4, 0.5) is 5.13 Å². The highest BCUT2D eigenvalue weighted by Crippen LogP contribution is 2.23. The van der Waals surface area contributed by atoms with Gasteiger partial charge in [0.15, 0.2) is 5.13 Å². The predicted octanol–water partition coefficient (Wildman–Crippen LogP) is 0.879. The largest absolute Gasteiger partial charge is 0.379 e. The topological polar surface area (TPSA) is 54.6 Å². The Morgan fingerprint density at radius 1 is 1.32 bits per heavy atom. The molecule has 0 aromatic carbocycles. The van der Waals surface area contributed by atoms with E-state index in [1.807, 2.05) is 6.20 Å². The van der Waals surface area contributed by atoms with E-state index in [9.17, 15) is 0 Å². The summed E-state index contributed by atoms with van der Waals surface area (Å²) in [6, 6.07) is 0. The molecule has 1 aromatic rings. The molecule has 3 rings (SSSR count). The highest BCUT2D eigenvalue weighted by molar-refractivity contribution is 7.15. The number of hydrogen-bond acceptors (Lipinski definition) is 6. The van der Waals surface area contributed by atoms with E-state index in [0.29, 0.717) is 5.13 Å². The van der Waals surface area contributed by atoms with Crippen LogP contribution in [0, 0.1) is 5.92 Å². The molecular formula is C13H22N4OS. The summed E-state index contributed by atoms with van der Waals surface area (Å²) in [5, 5.41) is 0.680. The monoisotopic (exact) mass is 282 g/mol. The van der Waals surface area contributed by atoms with Gasteiger partial charge in [-0.25, -0.2) is 4.98 Å². The number of ether oxygens (including phenoxy) is 1. The van der Waals surface area contributed by atoms with Crippen LogP contribution in [-0.4, -0.2) is 60.7 Å². The summed E-state index contributed by atoms with van der Waals surface area (Å²) >= 11 is 1.61. The second kappa shape index (κ2) is 6.17. The molecule has 1 aromatic heterocycles. The molecule has 1 atom stereocenters. The lowest BCUT2D eigenvalue weighted by atomic mass is 10.1. The van der Waals surface area contributed by atoms with Crippen molar-refractivity contribution < 1.29 is 4.74 Å². The Bertz CT molecular complexity index is 405. The number of aromatic nitrogens is 1. The molecule has 2 fully saturated rings. The van der Waals surface area contributed by atoms with Gasteiger partial charge in [-0.15, -0.1) is 11.3 Å².